The van der Waals surface area contributed by atoms with E-state index in [1.165, 1.54) is 0 Å². The first kappa shape index (κ1) is 28.3. The zero-order chi connectivity index (χ0) is 28.0. The predicted octanol–water partition coefficient (Wildman–Crippen LogP) is 5.31. The zero-order valence-corrected chi connectivity index (χ0v) is 22.9. The molecule has 2 aliphatic rings. The molecule has 4 rings (SSSR count). The third kappa shape index (κ3) is 6.85. The van der Waals surface area contributed by atoms with Crippen molar-refractivity contribution in [2.24, 2.45) is 11.3 Å². The van der Waals surface area contributed by atoms with Crippen molar-refractivity contribution < 1.29 is 23.9 Å². The van der Waals surface area contributed by atoms with Gasteiger partial charge in [-0.25, -0.2) is 9.78 Å². The average molecular weight is 534 g/mol. The molecule has 3 atom stereocenters. The van der Waals surface area contributed by atoms with Gasteiger partial charge in [0, 0.05) is 23.4 Å². The summed E-state index contributed by atoms with van der Waals surface area (Å²) < 4.78 is 11.8. The molecule has 0 spiro atoms. The van der Waals surface area contributed by atoms with E-state index in [-0.39, 0.29) is 30.4 Å². The minimum atomic E-state index is -0.755. The number of nitrogens with one attached hydrogen (secondary N) is 1. The molecule has 1 aromatic carbocycles. The number of benzene rings is 1. The van der Waals surface area contributed by atoms with E-state index in [2.05, 4.69) is 23.5 Å². The van der Waals surface area contributed by atoms with Crippen LogP contribution in [0.15, 0.2) is 49.7 Å². The van der Waals surface area contributed by atoms with Crippen molar-refractivity contribution in [1.82, 2.24) is 15.2 Å². The number of carbonyl (C=O) groups excluding carboxylic acids is 3. The van der Waals surface area contributed by atoms with Crippen LogP contribution in [0.4, 0.5) is 4.79 Å². The highest BCUT2D eigenvalue weighted by Crippen LogP contribution is 2.32. The van der Waals surface area contributed by atoms with Crippen molar-refractivity contribution in [3.05, 3.63) is 55.3 Å². The minimum Gasteiger partial charge on any atom is -0.472 e. The molecule has 1 aliphatic heterocycles. The van der Waals surface area contributed by atoms with Crippen molar-refractivity contribution in [2.75, 3.05) is 13.2 Å². The highest BCUT2D eigenvalue weighted by Gasteiger charge is 2.42. The van der Waals surface area contributed by atoms with Gasteiger partial charge in [0.05, 0.1) is 19.2 Å². The van der Waals surface area contributed by atoms with Gasteiger partial charge in [0.1, 0.15) is 18.4 Å². The fraction of sp³-hybridized carbons (Fsp3) is 0.484. The number of rotatable bonds is 11. The predicted molar refractivity (Wildman–Crippen MR) is 151 cm³/mol. The first-order chi connectivity index (χ1) is 18.7. The van der Waals surface area contributed by atoms with Crippen LogP contribution in [0.2, 0.25) is 0 Å². The quantitative estimate of drug-likeness (QED) is 0.310. The molecule has 2 aromatic rings. The third-order valence-electron chi connectivity index (χ3n) is 7.71. The zero-order valence-electron chi connectivity index (χ0n) is 22.9. The van der Waals surface area contributed by atoms with E-state index in [4.69, 9.17) is 9.47 Å². The number of pyridine rings is 1. The minimum absolute atomic E-state index is 0.00411. The van der Waals surface area contributed by atoms with E-state index in [9.17, 15) is 14.4 Å². The lowest BCUT2D eigenvalue weighted by Crippen LogP contribution is -2.53. The van der Waals surface area contributed by atoms with Crippen LogP contribution >= 0.6 is 0 Å². The number of hydrogen-bond acceptors (Lipinski definition) is 6. The van der Waals surface area contributed by atoms with Gasteiger partial charge >= 0.3 is 6.09 Å². The number of allylic oxidation sites excluding steroid dienone is 1. The summed E-state index contributed by atoms with van der Waals surface area (Å²) in [6, 6.07) is 6.42. The molecule has 1 saturated heterocycles. The van der Waals surface area contributed by atoms with E-state index in [0.29, 0.717) is 18.7 Å². The Morgan fingerprint density at radius 3 is 2.69 bits per heavy atom. The highest BCUT2D eigenvalue weighted by molar-refractivity contribution is 5.89. The van der Waals surface area contributed by atoms with E-state index in [1.54, 1.807) is 23.2 Å². The second-order valence-corrected chi connectivity index (χ2v) is 11.4. The Kier molecular flexibility index (Phi) is 9.04. The summed E-state index contributed by atoms with van der Waals surface area (Å²) in [6.07, 6.45) is 9.72. The number of ether oxygens (including phenoxy) is 2. The molecule has 39 heavy (non-hydrogen) atoms. The van der Waals surface area contributed by atoms with Gasteiger partial charge in [0.15, 0.2) is 0 Å². The normalized spacial score (nSPS) is 20.4. The van der Waals surface area contributed by atoms with Gasteiger partial charge in [-0.3, -0.25) is 4.79 Å². The topological polar surface area (TPSA) is 97.8 Å². The van der Waals surface area contributed by atoms with Crippen molar-refractivity contribution in [2.45, 2.75) is 70.6 Å². The maximum absolute atomic E-state index is 13.8. The Bertz CT molecular complexity index is 1220. The van der Waals surface area contributed by atoms with Gasteiger partial charge in [-0.15, -0.1) is 6.58 Å². The number of carbonyl (C=O) groups is 3. The summed E-state index contributed by atoms with van der Waals surface area (Å²) in [4.78, 5) is 44.6. The average Bonchev–Trinajstić information content (AvgIpc) is 3.60. The maximum atomic E-state index is 13.8. The number of aldehydes is 1. The van der Waals surface area contributed by atoms with Crippen LogP contribution < -0.4 is 10.1 Å². The van der Waals surface area contributed by atoms with Crippen LogP contribution in [-0.4, -0.2) is 59.5 Å². The summed E-state index contributed by atoms with van der Waals surface area (Å²) in [5, 5.41) is 4.66. The van der Waals surface area contributed by atoms with Crippen molar-refractivity contribution >= 4 is 35.1 Å². The van der Waals surface area contributed by atoms with Crippen molar-refractivity contribution in [3.8, 4) is 5.88 Å². The maximum Gasteiger partial charge on any atom is 0.407 e. The molecular formula is C31H39N3O5. The van der Waals surface area contributed by atoms with Crippen LogP contribution in [-0.2, 0) is 14.3 Å². The van der Waals surface area contributed by atoms with Gasteiger partial charge in [-0.1, -0.05) is 57.6 Å². The fourth-order valence-electron chi connectivity index (χ4n) is 5.56. The summed E-state index contributed by atoms with van der Waals surface area (Å²) in [5.74, 6) is 0.180. The molecule has 0 radical (unpaired) electrons. The second kappa shape index (κ2) is 12.5. The van der Waals surface area contributed by atoms with Gasteiger partial charge in [-0.05, 0) is 48.3 Å². The second-order valence-electron chi connectivity index (χ2n) is 11.4. The lowest BCUT2D eigenvalue weighted by Gasteiger charge is -2.30. The van der Waals surface area contributed by atoms with Gasteiger partial charge < -0.3 is 24.5 Å². The molecule has 1 aliphatic carbocycles. The standard InChI is InChI=1S/C31H39N3O5/c1-5-14-31(3,4)20-38-30(37)33-27(23-9-7-8-10-23)29(36)34-18-25(17-24(34)19-35)39-28-26-16-21(6-2)11-12-22(26)13-15-32-28/h5-6,11-13,15-16,19,23-25,27H,1-2,7-10,14,17-18,20H2,3-4H3,(H,33,37)/t24-,25+,27-/m0/s1. The van der Waals surface area contributed by atoms with Crippen molar-refractivity contribution in [3.63, 3.8) is 0 Å². The molecule has 8 nitrogen and oxygen atoms in total. The Balaban J connectivity index is 1.48. The van der Waals surface area contributed by atoms with E-state index < -0.39 is 24.3 Å². The monoisotopic (exact) mass is 533 g/mol. The third-order valence-corrected chi connectivity index (χ3v) is 7.71. The molecule has 0 bridgehead atoms. The van der Waals surface area contributed by atoms with Crippen LogP contribution in [0.5, 0.6) is 5.88 Å². The summed E-state index contributed by atoms with van der Waals surface area (Å²) in [7, 11) is 0. The molecule has 1 aromatic heterocycles. The SMILES string of the molecule is C=CCC(C)(C)COC(=O)N[C@H](C(=O)N1C[C@H](Oc2nccc3ccc(C=C)cc23)C[C@H]1C=O)C1CCCC1. The van der Waals surface area contributed by atoms with Crippen LogP contribution in [0.3, 0.4) is 0 Å². The van der Waals surface area contributed by atoms with E-state index in [1.807, 2.05) is 38.1 Å². The molecule has 8 heteroatoms. The molecule has 208 valence electrons. The summed E-state index contributed by atoms with van der Waals surface area (Å²) in [5.41, 5.74) is 0.690. The molecule has 2 fully saturated rings. The number of aromatic nitrogens is 1. The molecule has 1 N–H and O–H groups in total. The molecular weight excluding hydrogens is 494 g/mol. The molecule has 0 unspecified atom stereocenters. The molecule has 2 heterocycles. The largest absolute Gasteiger partial charge is 0.472 e. The van der Waals surface area contributed by atoms with E-state index >= 15 is 0 Å². The van der Waals surface area contributed by atoms with Crippen LogP contribution in [0, 0.1) is 11.3 Å². The van der Waals surface area contributed by atoms with E-state index in [0.717, 1.165) is 48.3 Å². The van der Waals surface area contributed by atoms with Gasteiger partial charge in [0.25, 0.3) is 0 Å². The molecule has 2 amide bonds. The first-order valence-electron chi connectivity index (χ1n) is 13.7. The number of likely N-dealkylation sites (tertiary alicyclic amines) is 1. The lowest BCUT2D eigenvalue weighted by atomic mass is 9.91. The lowest BCUT2D eigenvalue weighted by molar-refractivity contribution is -0.137. The Morgan fingerprint density at radius 2 is 2.00 bits per heavy atom. The fourth-order valence-corrected chi connectivity index (χ4v) is 5.56. The van der Waals surface area contributed by atoms with Gasteiger partial charge in [0.2, 0.25) is 11.8 Å². The summed E-state index contributed by atoms with van der Waals surface area (Å²) >= 11 is 0. The molecule has 1 saturated carbocycles. The van der Waals surface area contributed by atoms with Crippen LogP contribution in [0.25, 0.3) is 16.8 Å². The summed E-state index contributed by atoms with van der Waals surface area (Å²) in [6.45, 7) is 12.0. The first-order valence-corrected chi connectivity index (χ1v) is 13.7. The highest BCUT2D eigenvalue weighted by atomic mass is 16.5. The smallest absolute Gasteiger partial charge is 0.407 e. The van der Waals surface area contributed by atoms with Crippen molar-refractivity contribution in [1.29, 1.82) is 0 Å². The Labute approximate surface area is 230 Å². The number of nitrogens with zero attached hydrogens (tertiary/aromatic N) is 2. The Hall–Kier alpha value is -3.68. The Morgan fingerprint density at radius 1 is 1.23 bits per heavy atom. The number of amides is 2. The number of fused-ring (bicyclic) bond motifs is 1. The number of alkyl carbamates (subject to hydrolysis) is 1. The van der Waals surface area contributed by atoms with Crippen LogP contribution in [0.1, 0.15) is 57.9 Å². The number of hydrogen-bond donors (Lipinski definition) is 1. The van der Waals surface area contributed by atoms with Gasteiger partial charge in [-0.2, -0.15) is 0 Å².